The van der Waals surface area contributed by atoms with Gasteiger partial charge < -0.3 is 14.6 Å². The molecular formula is C34H31BrCl2N6O4. The summed E-state index contributed by atoms with van der Waals surface area (Å²) >= 11 is 15.8. The molecule has 1 heterocycles. The third-order valence-electron chi connectivity index (χ3n) is 7.54. The van der Waals surface area contributed by atoms with Gasteiger partial charge in [-0.2, -0.15) is 0 Å². The number of hydrogen-bond donors (Lipinski definition) is 3. The smallest absolute Gasteiger partial charge is 0.266 e. The highest BCUT2D eigenvalue weighted by Crippen LogP contribution is 2.44. The summed E-state index contributed by atoms with van der Waals surface area (Å²) in [4.78, 5) is 22.5. The summed E-state index contributed by atoms with van der Waals surface area (Å²) in [7, 11) is 0. The van der Waals surface area contributed by atoms with Crippen molar-refractivity contribution in [3.63, 3.8) is 0 Å². The van der Waals surface area contributed by atoms with Crippen molar-refractivity contribution in [2.24, 2.45) is 10.1 Å². The van der Waals surface area contributed by atoms with E-state index in [1.165, 1.54) is 0 Å². The highest BCUT2D eigenvalue weighted by molar-refractivity contribution is 9.10. The Labute approximate surface area is 290 Å². The first-order chi connectivity index (χ1) is 22.8. The first-order valence-electron chi connectivity index (χ1n) is 14.7. The van der Waals surface area contributed by atoms with Gasteiger partial charge in [-0.15, -0.1) is 0 Å². The molecular weight excluding hydrogens is 707 g/mol. The maximum absolute atomic E-state index is 14.5. The Balaban J connectivity index is 1.55. The molecule has 0 aromatic heterocycles. The van der Waals surface area contributed by atoms with E-state index in [9.17, 15) is 4.79 Å². The summed E-state index contributed by atoms with van der Waals surface area (Å²) in [5.74, 6) is 0.470. The Bertz CT molecular complexity index is 1780. The molecule has 4 aromatic carbocycles. The van der Waals surface area contributed by atoms with E-state index < -0.39 is 17.6 Å². The molecule has 0 fully saturated rings. The predicted molar refractivity (Wildman–Crippen MR) is 185 cm³/mol. The molecule has 1 amide bonds. The number of hydrogen-bond acceptors (Lipinski definition) is 7. The molecule has 2 atom stereocenters. The van der Waals surface area contributed by atoms with Crippen molar-refractivity contribution in [2.75, 3.05) is 13.2 Å². The first-order valence-corrected chi connectivity index (χ1v) is 16.3. The van der Waals surface area contributed by atoms with Crippen LogP contribution in [0.15, 0.2) is 106 Å². The summed E-state index contributed by atoms with van der Waals surface area (Å²) in [6, 6.07) is 27.5. The third kappa shape index (κ3) is 8.44. The number of aliphatic imine (C=N–C) groups is 1. The molecule has 0 saturated carbocycles. The molecule has 1 aliphatic rings. The van der Waals surface area contributed by atoms with Crippen LogP contribution in [0.5, 0.6) is 5.75 Å². The van der Waals surface area contributed by atoms with E-state index in [2.05, 4.69) is 36.8 Å². The molecule has 0 aliphatic carbocycles. The van der Waals surface area contributed by atoms with Crippen molar-refractivity contribution < 1.29 is 19.4 Å². The minimum Gasteiger partial charge on any atom is -0.494 e. The van der Waals surface area contributed by atoms with Gasteiger partial charge in [-0.05, 0) is 76.3 Å². The number of aliphatic hydroxyl groups excluding tert-OH is 1. The van der Waals surface area contributed by atoms with Gasteiger partial charge in [0.2, 0.25) is 5.90 Å². The topological polar surface area (TPSA) is 141 Å². The second kappa shape index (κ2) is 16.1. The van der Waals surface area contributed by atoms with E-state index in [-0.39, 0.29) is 32.0 Å². The van der Waals surface area contributed by atoms with Crippen molar-refractivity contribution in [3.05, 3.63) is 144 Å². The maximum atomic E-state index is 14.5. The third-order valence-corrected chi connectivity index (χ3v) is 8.80. The van der Waals surface area contributed by atoms with Crippen molar-refractivity contribution in [3.8, 4) is 5.75 Å². The van der Waals surface area contributed by atoms with Crippen molar-refractivity contribution >= 4 is 50.9 Å². The number of halogens is 3. The van der Waals surface area contributed by atoms with Crippen molar-refractivity contribution in [1.29, 1.82) is 0 Å². The summed E-state index contributed by atoms with van der Waals surface area (Å²) in [6.07, 6.45) is -0.188. The maximum Gasteiger partial charge on any atom is 0.266 e. The molecule has 5 rings (SSSR count). The van der Waals surface area contributed by atoms with Gasteiger partial charge in [0.05, 0.1) is 23.2 Å². The molecule has 47 heavy (non-hydrogen) atoms. The number of nitrogens with zero attached hydrogens (tertiary/aromatic N) is 4. The normalized spacial score (nSPS) is 16.9. The second-order valence-corrected chi connectivity index (χ2v) is 12.5. The van der Waals surface area contributed by atoms with Crippen molar-refractivity contribution in [1.82, 2.24) is 10.9 Å². The first kappa shape index (κ1) is 34.3. The Kier molecular flexibility index (Phi) is 11.8. The Morgan fingerprint density at radius 2 is 1.79 bits per heavy atom. The van der Waals surface area contributed by atoms with Crippen LogP contribution in [0.1, 0.15) is 40.3 Å². The van der Waals surface area contributed by atoms with Gasteiger partial charge in [0, 0.05) is 40.9 Å². The van der Waals surface area contributed by atoms with Gasteiger partial charge in [-0.25, -0.2) is 10.4 Å². The summed E-state index contributed by atoms with van der Waals surface area (Å²) in [5, 5.41) is 13.7. The zero-order valence-corrected chi connectivity index (χ0v) is 28.2. The van der Waals surface area contributed by atoms with E-state index in [1.54, 1.807) is 24.3 Å². The molecule has 4 aromatic rings. The van der Waals surface area contributed by atoms with Crippen LogP contribution < -0.4 is 15.6 Å². The van der Waals surface area contributed by atoms with Crippen LogP contribution in [-0.4, -0.2) is 35.7 Å². The molecule has 0 saturated heterocycles. The zero-order chi connectivity index (χ0) is 33.2. The number of carbonyl (C=O) groups is 1. The monoisotopic (exact) mass is 736 g/mol. The summed E-state index contributed by atoms with van der Waals surface area (Å²) in [6.45, 7) is 0.747. The molecule has 1 aliphatic heterocycles. The number of rotatable bonds is 14. The SMILES string of the molecule is [N-]=[N+]=NCc1ccccc1[C@@H]1OC(c2ccc(OCCCO)cc2)=N[C@]1(Cc1ccc(Br)cc1)C(=O)NNCc1ccc(Cl)c(Cl)c1. The lowest BCUT2D eigenvalue weighted by Gasteiger charge is -2.32. The predicted octanol–water partition coefficient (Wildman–Crippen LogP) is 7.65. The lowest BCUT2D eigenvalue weighted by molar-refractivity contribution is -0.130. The van der Waals surface area contributed by atoms with Crippen LogP contribution >= 0.6 is 39.1 Å². The van der Waals surface area contributed by atoms with Crippen LogP contribution in [0, 0.1) is 0 Å². The van der Waals surface area contributed by atoms with Gasteiger partial charge in [-0.3, -0.25) is 10.2 Å². The molecule has 0 unspecified atom stereocenters. The molecule has 10 nitrogen and oxygen atoms in total. The number of aliphatic hydroxyl groups is 1. The molecule has 242 valence electrons. The minimum absolute atomic E-state index is 0.0378. The van der Waals surface area contributed by atoms with E-state index >= 15 is 0 Å². The van der Waals surface area contributed by atoms with Gasteiger partial charge in [0.1, 0.15) is 5.75 Å². The Morgan fingerprint density at radius 1 is 1.04 bits per heavy atom. The van der Waals surface area contributed by atoms with Crippen molar-refractivity contribution in [2.45, 2.75) is 37.6 Å². The highest BCUT2D eigenvalue weighted by atomic mass is 79.9. The standard InChI is InChI=1S/C34H31BrCl2N6O4/c35-26-11-6-22(7-12-26)19-34(33(45)42-39-20-23-8-15-29(36)30(37)18-23)31(28-5-2-1-4-25(28)21-40-43-38)47-32(41-34)24-9-13-27(14-10-24)46-17-3-16-44/h1-2,4-15,18,31,39,44H,3,16-17,19-21H2,(H,42,45)/t31-,34-/m0/s1. The average Bonchev–Trinajstić information content (AvgIpc) is 3.47. The van der Waals surface area contributed by atoms with Gasteiger partial charge in [0.25, 0.3) is 5.91 Å². The fourth-order valence-electron chi connectivity index (χ4n) is 5.20. The quantitative estimate of drug-likeness (QED) is 0.0401. The van der Waals surface area contributed by atoms with Crippen LogP contribution in [0.3, 0.4) is 0 Å². The molecule has 0 bridgehead atoms. The van der Waals surface area contributed by atoms with Crippen LogP contribution in [0.25, 0.3) is 10.4 Å². The van der Waals surface area contributed by atoms with Crippen LogP contribution in [0.4, 0.5) is 0 Å². The Morgan fingerprint density at radius 3 is 2.51 bits per heavy atom. The lowest BCUT2D eigenvalue weighted by Crippen LogP contribution is -2.53. The van der Waals surface area contributed by atoms with Gasteiger partial charge in [0.15, 0.2) is 11.6 Å². The zero-order valence-electron chi connectivity index (χ0n) is 25.1. The summed E-state index contributed by atoms with van der Waals surface area (Å²) in [5.41, 5.74) is 17.2. The largest absolute Gasteiger partial charge is 0.494 e. The molecule has 0 spiro atoms. The fourth-order valence-corrected chi connectivity index (χ4v) is 5.78. The fraction of sp³-hybridized carbons (Fsp3) is 0.235. The highest BCUT2D eigenvalue weighted by Gasteiger charge is 2.54. The lowest BCUT2D eigenvalue weighted by atomic mass is 9.81. The number of benzene rings is 4. The number of carbonyl (C=O) groups excluding carboxylic acids is 1. The van der Waals surface area contributed by atoms with E-state index in [0.717, 1.165) is 15.6 Å². The van der Waals surface area contributed by atoms with Gasteiger partial charge >= 0.3 is 0 Å². The minimum atomic E-state index is -1.49. The number of azide groups is 1. The second-order valence-electron chi connectivity index (χ2n) is 10.7. The van der Waals surface area contributed by atoms with E-state index in [0.29, 0.717) is 45.5 Å². The van der Waals surface area contributed by atoms with Crippen LogP contribution in [0.2, 0.25) is 10.0 Å². The summed E-state index contributed by atoms with van der Waals surface area (Å²) < 4.78 is 13.2. The number of nitrogens with one attached hydrogen (secondary N) is 2. The van der Waals surface area contributed by atoms with Gasteiger partial charge in [-0.1, -0.05) is 86.7 Å². The molecule has 0 radical (unpaired) electrons. The number of hydrazine groups is 1. The Hall–Kier alpha value is -4.09. The van der Waals surface area contributed by atoms with Crippen LogP contribution in [-0.2, 0) is 29.0 Å². The molecule has 13 heteroatoms. The number of amides is 1. The average molecular weight is 738 g/mol. The molecule has 3 N–H and O–H groups in total. The van der Waals surface area contributed by atoms with E-state index in [1.807, 2.05) is 66.7 Å². The van der Waals surface area contributed by atoms with E-state index in [4.69, 9.17) is 48.3 Å². The number of ether oxygens (including phenoxy) is 2.